The Morgan fingerprint density at radius 1 is 1.35 bits per heavy atom. The van der Waals surface area contributed by atoms with Crippen molar-refractivity contribution in [2.75, 3.05) is 33.3 Å². The van der Waals surface area contributed by atoms with Crippen LogP contribution < -0.4 is 10.1 Å². The van der Waals surface area contributed by atoms with E-state index in [1.165, 1.54) is 0 Å². The van der Waals surface area contributed by atoms with E-state index in [0.717, 1.165) is 0 Å². The molecule has 1 atom stereocenters. The van der Waals surface area contributed by atoms with Gasteiger partial charge in [-0.2, -0.15) is 0 Å². The molecule has 0 bridgehead atoms. The summed E-state index contributed by atoms with van der Waals surface area (Å²) in [7, 11) is 1.56. The van der Waals surface area contributed by atoms with Crippen LogP contribution in [0.3, 0.4) is 0 Å². The molecule has 0 aliphatic carbocycles. The molecule has 0 radical (unpaired) electrons. The van der Waals surface area contributed by atoms with E-state index < -0.39 is 0 Å². The first kappa shape index (κ1) is 12.8. The quantitative estimate of drug-likeness (QED) is 0.857. The molecule has 2 fully saturated rings. The number of para-hydroxylation sites is 1. The first-order valence-corrected chi connectivity index (χ1v) is 6.67. The monoisotopic (exact) mass is 275 g/mol. The van der Waals surface area contributed by atoms with Crippen LogP contribution in [0.1, 0.15) is 10.4 Å². The van der Waals surface area contributed by atoms with E-state index in [9.17, 15) is 9.59 Å². The fraction of sp³-hybridized carbons (Fsp3) is 0.429. The lowest BCUT2D eigenvalue weighted by Crippen LogP contribution is -2.53. The van der Waals surface area contributed by atoms with Crippen LogP contribution in [-0.2, 0) is 0 Å². The van der Waals surface area contributed by atoms with E-state index >= 15 is 0 Å². The lowest BCUT2D eigenvalue weighted by molar-refractivity contribution is 0.0614. The Hall–Kier alpha value is -2.24. The van der Waals surface area contributed by atoms with Gasteiger partial charge in [0.2, 0.25) is 0 Å². The molecule has 2 aliphatic rings. The number of ether oxygens (including phenoxy) is 1. The Balaban J connectivity index is 1.77. The molecular formula is C14H17N3O3. The molecule has 1 N–H and O–H groups in total. The van der Waals surface area contributed by atoms with E-state index in [-0.39, 0.29) is 18.0 Å². The van der Waals surface area contributed by atoms with Gasteiger partial charge in [0.25, 0.3) is 5.91 Å². The van der Waals surface area contributed by atoms with Gasteiger partial charge < -0.3 is 19.9 Å². The van der Waals surface area contributed by atoms with Gasteiger partial charge in [-0.1, -0.05) is 12.1 Å². The summed E-state index contributed by atoms with van der Waals surface area (Å²) in [5.74, 6) is 0.544. The SMILES string of the molecule is COc1ccccc1C(=O)N1CCN2C(=O)NC[C@H]2C1. The molecule has 3 rings (SSSR count). The minimum atomic E-state index is -0.0403. The number of hydrogen-bond acceptors (Lipinski definition) is 3. The van der Waals surface area contributed by atoms with Crippen LogP contribution in [-0.4, -0.2) is 61.1 Å². The third-order valence-electron chi connectivity index (χ3n) is 3.86. The van der Waals surface area contributed by atoms with Gasteiger partial charge in [-0.3, -0.25) is 4.79 Å². The van der Waals surface area contributed by atoms with Crippen molar-refractivity contribution in [1.82, 2.24) is 15.1 Å². The predicted octanol–water partition coefficient (Wildman–Crippen LogP) is 0.545. The summed E-state index contributed by atoms with van der Waals surface area (Å²) in [5, 5.41) is 2.81. The number of rotatable bonds is 2. The minimum Gasteiger partial charge on any atom is -0.496 e. The molecule has 3 amide bonds. The molecule has 6 heteroatoms. The van der Waals surface area contributed by atoms with Crippen LogP contribution >= 0.6 is 0 Å². The summed E-state index contributed by atoms with van der Waals surface area (Å²) < 4.78 is 5.24. The average Bonchev–Trinajstić information content (AvgIpc) is 2.87. The summed E-state index contributed by atoms with van der Waals surface area (Å²) in [6.07, 6.45) is 0. The Kier molecular flexibility index (Phi) is 3.22. The molecule has 0 aromatic heterocycles. The maximum absolute atomic E-state index is 12.6. The van der Waals surface area contributed by atoms with Crippen molar-refractivity contribution >= 4 is 11.9 Å². The molecule has 2 aliphatic heterocycles. The fourth-order valence-electron chi connectivity index (χ4n) is 2.78. The maximum Gasteiger partial charge on any atom is 0.317 e. The molecule has 2 saturated heterocycles. The molecule has 1 aromatic carbocycles. The number of methoxy groups -OCH3 is 1. The smallest absolute Gasteiger partial charge is 0.317 e. The van der Waals surface area contributed by atoms with Crippen molar-refractivity contribution in [2.24, 2.45) is 0 Å². The number of urea groups is 1. The summed E-state index contributed by atoms with van der Waals surface area (Å²) in [6.45, 7) is 2.31. The summed E-state index contributed by atoms with van der Waals surface area (Å²) in [5.41, 5.74) is 0.570. The van der Waals surface area contributed by atoms with Gasteiger partial charge >= 0.3 is 6.03 Å². The Morgan fingerprint density at radius 3 is 2.95 bits per heavy atom. The van der Waals surface area contributed by atoms with E-state index in [0.29, 0.717) is 37.5 Å². The lowest BCUT2D eigenvalue weighted by atomic mass is 10.1. The standard InChI is InChI=1S/C14H17N3O3/c1-20-12-5-3-2-4-11(12)13(18)16-6-7-17-10(9-16)8-15-14(17)19/h2-5,10H,6-9H2,1H3,(H,15,19)/t10-/m0/s1. The second kappa shape index (κ2) is 5.03. The number of amides is 3. The lowest BCUT2D eigenvalue weighted by Gasteiger charge is -2.36. The molecule has 0 saturated carbocycles. The minimum absolute atomic E-state index is 0.0283. The highest BCUT2D eigenvalue weighted by atomic mass is 16.5. The van der Waals surface area contributed by atoms with Crippen LogP contribution in [0.4, 0.5) is 4.79 Å². The van der Waals surface area contributed by atoms with Crippen molar-refractivity contribution in [3.63, 3.8) is 0 Å². The topological polar surface area (TPSA) is 61.9 Å². The summed E-state index contributed by atoms with van der Waals surface area (Å²) in [6, 6.07) is 7.27. The van der Waals surface area contributed by atoms with Gasteiger partial charge in [-0.05, 0) is 12.1 Å². The number of piperazine rings is 1. The zero-order valence-corrected chi connectivity index (χ0v) is 11.3. The van der Waals surface area contributed by atoms with Gasteiger partial charge in [0.05, 0.1) is 18.7 Å². The number of fused-ring (bicyclic) bond motifs is 1. The molecule has 2 heterocycles. The number of nitrogens with one attached hydrogen (secondary N) is 1. The number of carbonyl (C=O) groups excluding carboxylic acids is 2. The molecule has 106 valence electrons. The maximum atomic E-state index is 12.6. The van der Waals surface area contributed by atoms with Crippen molar-refractivity contribution < 1.29 is 14.3 Å². The first-order valence-electron chi connectivity index (χ1n) is 6.67. The van der Waals surface area contributed by atoms with E-state index in [2.05, 4.69) is 5.32 Å². The summed E-state index contributed by atoms with van der Waals surface area (Å²) >= 11 is 0. The number of hydrogen-bond donors (Lipinski definition) is 1. The third kappa shape index (κ3) is 2.07. The van der Waals surface area contributed by atoms with Crippen LogP contribution in [0, 0.1) is 0 Å². The van der Waals surface area contributed by atoms with Crippen LogP contribution in [0.15, 0.2) is 24.3 Å². The van der Waals surface area contributed by atoms with Crippen molar-refractivity contribution in [3.05, 3.63) is 29.8 Å². The Morgan fingerprint density at radius 2 is 2.15 bits per heavy atom. The highest BCUT2D eigenvalue weighted by molar-refractivity contribution is 5.97. The molecule has 0 unspecified atom stereocenters. The predicted molar refractivity (Wildman–Crippen MR) is 72.8 cm³/mol. The van der Waals surface area contributed by atoms with Gasteiger partial charge in [0, 0.05) is 26.2 Å². The Labute approximate surface area is 117 Å². The second-order valence-corrected chi connectivity index (χ2v) is 4.98. The summed E-state index contributed by atoms with van der Waals surface area (Å²) in [4.78, 5) is 27.7. The largest absolute Gasteiger partial charge is 0.496 e. The van der Waals surface area contributed by atoms with E-state index in [1.54, 1.807) is 29.0 Å². The molecule has 1 aromatic rings. The highest BCUT2D eigenvalue weighted by Gasteiger charge is 2.37. The van der Waals surface area contributed by atoms with Gasteiger partial charge in [0.15, 0.2) is 0 Å². The zero-order valence-electron chi connectivity index (χ0n) is 11.3. The van der Waals surface area contributed by atoms with Crippen LogP contribution in [0.2, 0.25) is 0 Å². The number of benzene rings is 1. The van der Waals surface area contributed by atoms with Crippen molar-refractivity contribution in [1.29, 1.82) is 0 Å². The van der Waals surface area contributed by atoms with E-state index in [4.69, 9.17) is 4.74 Å². The normalized spacial score (nSPS) is 21.4. The van der Waals surface area contributed by atoms with Crippen LogP contribution in [0.25, 0.3) is 0 Å². The second-order valence-electron chi connectivity index (χ2n) is 4.98. The van der Waals surface area contributed by atoms with Gasteiger partial charge in [0.1, 0.15) is 5.75 Å². The molecule has 6 nitrogen and oxygen atoms in total. The van der Waals surface area contributed by atoms with E-state index in [1.807, 2.05) is 12.1 Å². The Bertz CT molecular complexity index is 546. The first-order chi connectivity index (χ1) is 9.70. The number of carbonyl (C=O) groups is 2. The van der Waals surface area contributed by atoms with Crippen molar-refractivity contribution in [3.8, 4) is 5.75 Å². The van der Waals surface area contributed by atoms with Gasteiger partial charge in [-0.15, -0.1) is 0 Å². The number of nitrogens with zero attached hydrogens (tertiary/aromatic N) is 2. The average molecular weight is 275 g/mol. The highest BCUT2D eigenvalue weighted by Crippen LogP contribution is 2.22. The third-order valence-corrected chi connectivity index (χ3v) is 3.86. The molecule has 20 heavy (non-hydrogen) atoms. The fourth-order valence-corrected chi connectivity index (χ4v) is 2.78. The van der Waals surface area contributed by atoms with Gasteiger partial charge in [-0.25, -0.2) is 4.79 Å². The molecular weight excluding hydrogens is 258 g/mol. The van der Waals surface area contributed by atoms with Crippen molar-refractivity contribution in [2.45, 2.75) is 6.04 Å². The van der Waals surface area contributed by atoms with Crippen LogP contribution in [0.5, 0.6) is 5.75 Å². The molecule has 0 spiro atoms. The zero-order chi connectivity index (χ0) is 14.1.